The van der Waals surface area contributed by atoms with Crippen molar-refractivity contribution in [2.45, 2.75) is 6.18 Å². The number of anilines is 1. The third-order valence-corrected chi connectivity index (χ3v) is 3.37. The van der Waals surface area contributed by atoms with Crippen molar-refractivity contribution in [3.05, 3.63) is 54.1 Å². The van der Waals surface area contributed by atoms with Gasteiger partial charge in [0.1, 0.15) is 11.5 Å². The molecule has 27 heavy (non-hydrogen) atoms. The molecule has 0 spiro atoms. The topological polar surface area (TPSA) is 76.7 Å². The van der Waals surface area contributed by atoms with Crippen LogP contribution in [0.2, 0.25) is 0 Å². The summed E-state index contributed by atoms with van der Waals surface area (Å²) < 4.78 is 47.7. The Morgan fingerprint density at radius 3 is 2.07 bits per heavy atom. The van der Waals surface area contributed by atoms with E-state index in [1.54, 1.807) is 24.3 Å². The molecule has 0 saturated heterocycles. The van der Waals surface area contributed by atoms with E-state index in [4.69, 9.17) is 9.47 Å². The molecule has 2 N–H and O–H groups in total. The second-order valence-electron chi connectivity index (χ2n) is 5.36. The highest BCUT2D eigenvalue weighted by molar-refractivity contribution is 5.94. The van der Waals surface area contributed by atoms with E-state index in [1.807, 2.05) is 0 Å². The van der Waals surface area contributed by atoms with Crippen LogP contribution in [0.3, 0.4) is 0 Å². The fourth-order valence-corrected chi connectivity index (χ4v) is 2.00. The molecule has 0 aliphatic heterocycles. The van der Waals surface area contributed by atoms with Gasteiger partial charge in [-0.2, -0.15) is 13.2 Å². The molecule has 2 aromatic rings. The molecule has 0 saturated carbocycles. The summed E-state index contributed by atoms with van der Waals surface area (Å²) in [6.45, 7) is -0.633. The smallest absolute Gasteiger partial charge is 0.416 e. The summed E-state index contributed by atoms with van der Waals surface area (Å²) >= 11 is 0. The number of hydrogen-bond donors (Lipinski definition) is 2. The normalized spacial score (nSPS) is 10.8. The van der Waals surface area contributed by atoms with Crippen LogP contribution in [0, 0.1) is 0 Å². The lowest BCUT2D eigenvalue weighted by atomic mass is 10.2. The van der Waals surface area contributed by atoms with E-state index in [9.17, 15) is 22.8 Å². The highest BCUT2D eigenvalue weighted by atomic mass is 19.4. The molecule has 0 heterocycles. The quantitative estimate of drug-likeness (QED) is 0.772. The zero-order valence-electron chi connectivity index (χ0n) is 14.3. The van der Waals surface area contributed by atoms with Gasteiger partial charge in [0.2, 0.25) is 5.91 Å². The molecule has 0 atom stereocenters. The van der Waals surface area contributed by atoms with Gasteiger partial charge in [0.25, 0.3) is 5.91 Å². The van der Waals surface area contributed by atoms with Crippen LogP contribution in [-0.2, 0) is 15.8 Å². The van der Waals surface area contributed by atoms with Crippen molar-refractivity contribution < 1.29 is 32.2 Å². The number of benzene rings is 2. The zero-order chi connectivity index (χ0) is 19.9. The lowest BCUT2D eigenvalue weighted by Gasteiger charge is -2.10. The van der Waals surface area contributed by atoms with E-state index < -0.39 is 23.6 Å². The van der Waals surface area contributed by atoms with Crippen molar-refractivity contribution in [1.29, 1.82) is 0 Å². The van der Waals surface area contributed by atoms with Gasteiger partial charge in [-0.15, -0.1) is 0 Å². The van der Waals surface area contributed by atoms with Crippen LogP contribution in [-0.4, -0.2) is 32.1 Å². The zero-order valence-corrected chi connectivity index (χ0v) is 14.3. The fraction of sp³-hybridized carbons (Fsp3) is 0.222. The van der Waals surface area contributed by atoms with E-state index in [-0.39, 0.29) is 18.8 Å². The van der Waals surface area contributed by atoms with E-state index in [0.717, 1.165) is 24.3 Å². The van der Waals surface area contributed by atoms with Crippen molar-refractivity contribution in [3.63, 3.8) is 0 Å². The van der Waals surface area contributed by atoms with E-state index in [0.29, 0.717) is 11.5 Å². The molecule has 0 fully saturated rings. The fourth-order valence-electron chi connectivity index (χ4n) is 2.00. The van der Waals surface area contributed by atoms with Crippen LogP contribution in [0.25, 0.3) is 0 Å². The van der Waals surface area contributed by atoms with Crippen LogP contribution in [0.1, 0.15) is 5.56 Å². The lowest BCUT2D eigenvalue weighted by Crippen LogP contribution is -2.35. The molecule has 9 heteroatoms. The molecule has 2 aromatic carbocycles. The minimum absolute atomic E-state index is 0.191. The number of methoxy groups -OCH3 is 1. The van der Waals surface area contributed by atoms with Gasteiger partial charge in [0, 0.05) is 5.69 Å². The van der Waals surface area contributed by atoms with Crippen molar-refractivity contribution in [2.75, 3.05) is 25.6 Å². The monoisotopic (exact) mass is 382 g/mol. The average molecular weight is 382 g/mol. The molecule has 144 valence electrons. The number of nitrogens with one attached hydrogen (secondary N) is 2. The minimum atomic E-state index is -4.44. The lowest BCUT2D eigenvalue weighted by molar-refractivity contribution is -0.137. The van der Waals surface area contributed by atoms with Gasteiger partial charge in [-0.05, 0) is 48.5 Å². The van der Waals surface area contributed by atoms with Gasteiger partial charge in [-0.1, -0.05) is 0 Å². The first-order valence-corrected chi connectivity index (χ1v) is 7.78. The summed E-state index contributed by atoms with van der Waals surface area (Å²) in [6, 6.07) is 10.6. The molecule has 2 rings (SSSR count). The maximum Gasteiger partial charge on any atom is 0.416 e. The number of halogens is 3. The van der Waals surface area contributed by atoms with Crippen molar-refractivity contribution in [3.8, 4) is 11.5 Å². The van der Waals surface area contributed by atoms with Gasteiger partial charge >= 0.3 is 6.18 Å². The van der Waals surface area contributed by atoms with Gasteiger partial charge in [0.05, 0.1) is 19.2 Å². The van der Waals surface area contributed by atoms with Crippen LogP contribution in [0.4, 0.5) is 18.9 Å². The van der Waals surface area contributed by atoms with Crippen LogP contribution in [0.5, 0.6) is 11.5 Å². The molecule has 0 aromatic heterocycles. The standard InChI is InChI=1S/C18H17F3N2O4/c1-26-14-6-8-15(9-7-14)27-11-17(25)22-10-16(24)23-13-4-2-12(3-5-13)18(19,20)21/h2-9H,10-11H2,1H3,(H,22,25)(H,23,24). The Labute approximate surface area is 153 Å². The van der Waals surface area contributed by atoms with E-state index >= 15 is 0 Å². The number of alkyl halides is 3. The Bertz CT molecular complexity index is 775. The van der Waals surface area contributed by atoms with Gasteiger partial charge in [-0.25, -0.2) is 0 Å². The number of hydrogen-bond acceptors (Lipinski definition) is 4. The number of carbonyl (C=O) groups excluding carboxylic acids is 2. The van der Waals surface area contributed by atoms with Gasteiger partial charge < -0.3 is 20.1 Å². The highest BCUT2D eigenvalue weighted by Crippen LogP contribution is 2.29. The minimum Gasteiger partial charge on any atom is -0.497 e. The van der Waals surface area contributed by atoms with E-state index in [1.165, 1.54) is 7.11 Å². The largest absolute Gasteiger partial charge is 0.497 e. The molecule has 0 bridgehead atoms. The number of rotatable bonds is 7. The number of amides is 2. The SMILES string of the molecule is COc1ccc(OCC(=O)NCC(=O)Nc2ccc(C(F)(F)F)cc2)cc1. The van der Waals surface area contributed by atoms with Crippen molar-refractivity contribution in [1.82, 2.24) is 5.32 Å². The summed E-state index contributed by atoms with van der Waals surface area (Å²) in [6.07, 6.45) is -4.44. The molecular formula is C18H17F3N2O4. The maximum atomic E-state index is 12.5. The molecule has 2 amide bonds. The molecular weight excluding hydrogens is 365 g/mol. The Morgan fingerprint density at radius 1 is 0.926 bits per heavy atom. The molecule has 0 unspecified atom stereocenters. The Balaban J connectivity index is 1.73. The Morgan fingerprint density at radius 2 is 1.52 bits per heavy atom. The first kappa shape index (κ1) is 20.1. The molecule has 0 aliphatic carbocycles. The molecule has 0 aliphatic rings. The predicted octanol–water partition coefficient (Wildman–Crippen LogP) is 2.85. The summed E-state index contributed by atoms with van der Waals surface area (Å²) in [5, 5.41) is 4.74. The summed E-state index contributed by atoms with van der Waals surface area (Å²) in [5.74, 6) is 0.00726. The van der Waals surface area contributed by atoms with Crippen LogP contribution in [0.15, 0.2) is 48.5 Å². The molecule has 6 nitrogen and oxygen atoms in total. The Hall–Kier alpha value is -3.23. The van der Waals surface area contributed by atoms with E-state index in [2.05, 4.69) is 10.6 Å². The summed E-state index contributed by atoms with van der Waals surface area (Å²) in [4.78, 5) is 23.4. The first-order chi connectivity index (χ1) is 12.8. The third-order valence-electron chi connectivity index (χ3n) is 3.37. The van der Waals surface area contributed by atoms with Gasteiger partial charge in [-0.3, -0.25) is 9.59 Å². The second-order valence-corrected chi connectivity index (χ2v) is 5.36. The van der Waals surface area contributed by atoms with Crippen molar-refractivity contribution in [2.24, 2.45) is 0 Å². The second kappa shape index (κ2) is 8.93. The number of carbonyl (C=O) groups is 2. The first-order valence-electron chi connectivity index (χ1n) is 7.78. The van der Waals surface area contributed by atoms with Gasteiger partial charge in [0.15, 0.2) is 6.61 Å². The average Bonchev–Trinajstić information content (AvgIpc) is 2.65. The van der Waals surface area contributed by atoms with Crippen LogP contribution < -0.4 is 20.1 Å². The molecule has 0 radical (unpaired) electrons. The van der Waals surface area contributed by atoms with Crippen molar-refractivity contribution >= 4 is 17.5 Å². The highest BCUT2D eigenvalue weighted by Gasteiger charge is 2.29. The van der Waals surface area contributed by atoms with Crippen LogP contribution >= 0.6 is 0 Å². The maximum absolute atomic E-state index is 12.5. The predicted molar refractivity (Wildman–Crippen MR) is 91.6 cm³/mol. The number of ether oxygens (including phenoxy) is 2. The summed E-state index contributed by atoms with van der Waals surface area (Å²) in [5.41, 5.74) is -0.624. The summed E-state index contributed by atoms with van der Waals surface area (Å²) in [7, 11) is 1.53. The Kier molecular flexibility index (Phi) is 6.64. The third kappa shape index (κ3) is 6.53.